The first-order valence-electron chi connectivity index (χ1n) is 13.8. The summed E-state index contributed by atoms with van der Waals surface area (Å²) < 4.78 is 29.0. The molecule has 212 valence electrons. The number of ether oxygens (including phenoxy) is 2. The van der Waals surface area contributed by atoms with Crippen LogP contribution < -0.4 is 4.74 Å². The average Bonchev–Trinajstić information content (AvgIpc) is 3.57. The van der Waals surface area contributed by atoms with Gasteiger partial charge in [0, 0.05) is 42.3 Å². The summed E-state index contributed by atoms with van der Waals surface area (Å²) in [5, 5.41) is 9.82. The Kier molecular flexibility index (Phi) is 6.65. The first-order chi connectivity index (χ1) is 19.8. The highest BCUT2D eigenvalue weighted by Gasteiger charge is 2.40. The van der Waals surface area contributed by atoms with Gasteiger partial charge < -0.3 is 19.1 Å². The number of hydrogen-bond donors (Lipinski definition) is 1. The van der Waals surface area contributed by atoms with Crippen LogP contribution in [0.15, 0.2) is 48.5 Å². The zero-order valence-electron chi connectivity index (χ0n) is 22.5. The lowest BCUT2D eigenvalue weighted by Crippen LogP contribution is -2.33. The number of benzene rings is 2. The van der Waals surface area contributed by atoms with Gasteiger partial charge in [-0.1, -0.05) is 35.9 Å². The summed E-state index contributed by atoms with van der Waals surface area (Å²) in [6, 6.07) is 12.6. The van der Waals surface area contributed by atoms with Gasteiger partial charge in [0.05, 0.1) is 24.7 Å². The Morgan fingerprint density at radius 2 is 2.15 bits per heavy atom. The molecule has 0 aliphatic carbocycles. The van der Waals surface area contributed by atoms with Crippen molar-refractivity contribution in [3.63, 3.8) is 0 Å². The number of thiophene rings is 1. The van der Waals surface area contributed by atoms with Gasteiger partial charge in [-0.05, 0) is 55.2 Å². The molecule has 5 heterocycles. The van der Waals surface area contributed by atoms with Crippen LogP contribution in [0.25, 0.3) is 15.9 Å². The lowest BCUT2D eigenvalue weighted by atomic mass is 9.86. The monoisotopic (exact) mass is 593 g/mol. The van der Waals surface area contributed by atoms with Gasteiger partial charge in [0.15, 0.2) is 0 Å². The molecule has 0 unspecified atom stereocenters. The Balaban J connectivity index is 1.11. The Morgan fingerprint density at radius 1 is 1.29 bits per heavy atom. The summed E-state index contributed by atoms with van der Waals surface area (Å²) in [6.07, 6.45) is 4.85. The molecule has 0 radical (unpaired) electrons. The van der Waals surface area contributed by atoms with Crippen LogP contribution in [-0.4, -0.2) is 51.3 Å². The summed E-state index contributed by atoms with van der Waals surface area (Å²) >= 11 is 7.22. The molecule has 1 fully saturated rings. The molecule has 1 N–H and O–H groups in total. The summed E-state index contributed by atoms with van der Waals surface area (Å²) in [7, 11) is 0. The van der Waals surface area contributed by atoms with E-state index in [0.717, 1.165) is 65.6 Å². The van der Waals surface area contributed by atoms with Crippen LogP contribution in [0.1, 0.15) is 52.0 Å². The van der Waals surface area contributed by atoms with Crippen LogP contribution in [-0.2, 0) is 29.8 Å². The highest BCUT2D eigenvalue weighted by atomic mass is 35.5. The van der Waals surface area contributed by atoms with Gasteiger partial charge in [0.25, 0.3) is 0 Å². The number of fused-ring (bicyclic) bond motifs is 2. The predicted octanol–water partition coefficient (Wildman–Crippen LogP) is 6.52. The van der Waals surface area contributed by atoms with E-state index in [1.165, 1.54) is 23.0 Å². The SMILES string of the molecule is C[C@@]1(c2ccc(Cl)cc2F)Cc2c(cccc2C2=CCN(Cc3nc4sc(C(=O)O)cc4n3C[C@@H]3CCO3)CC2)O1. The number of rotatable bonds is 7. The molecule has 7 rings (SSSR count). The number of hydrogen-bond acceptors (Lipinski definition) is 6. The number of carbonyl (C=O) groups is 1. The molecule has 2 aromatic carbocycles. The van der Waals surface area contributed by atoms with Gasteiger partial charge in [-0.15, -0.1) is 11.3 Å². The molecule has 1 saturated heterocycles. The maximum atomic E-state index is 14.9. The van der Waals surface area contributed by atoms with Crippen molar-refractivity contribution in [1.82, 2.24) is 14.5 Å². The van der Waals surface area contributed by atoms with E-state index in [9.17, 15) is 14.3 Å². The van der Waals surface area contributed by atoms with E-state index < -0.39 is 11.6 Å². The number of aromatic nitrogens is 2. The summed E-state index contributed by atoms with van der Waals surface area (Å²) in [6.45, 7) is 5.68. The van der Waals surface area contributed by atoms with Crippen LogP contribution in [0.4, 0.5) is 4.39 Å². The molecule has 3 aliphatic rings. The molecule has 0 amide bonds. The molecule has 4 aromatic rings. The average molecular weight is 594 g/mol. The molecule has 0 bridgehead atoms. The van der Waals surface area contributed by atoms with Crippen LogP contribution >= 0.6 is 22.9 Å². The summed E-state index contributed by atoms with van der Waals surface area (Å²) in [5.41, 5.74) is 4.10. The second-order valence-electron chi connectivity index (χ2n) is 11.2. The number of aromatic carboxylic acids is 1. The van der Waals surface area contributed by atoms with E-state index in [-0.39, 0.29) is 11.9 Å². The minimum absolute atomic E-state index is 0.140. The third kappa shape index (κ3) is 4.84. The zero-order valence-corrected chi connectivity index (χ0v) is 24.1. The van der Waals surface area contributed by atoms with E-state index in [4.69, 9.17) is 26.1 Å². The van der Waals surface area contributed by atoms with Gasteiger partial charge in [0.2, 0.25) is 0 Å². The molecule has 10 heteroatoms. The van der Waals surface area contributed by atoms with Crippen LogP contribution in [0, 0.1) is 5.82 Å². The van der Waals surface area contributed by atoms with Crippen molar-refractivity contribution in [2.75, 3.05) is 19.7 Å². The zero-order chi connectivity index (χ0) is 28.3. The topological polar surface area (TPSA) is 76.8 Å². The highest BCUT2D eigenvalue weighted by molar-refractivity contribution is 7.20. The van der Waals surface area contributed by atoms with Crippen LogP contribution in [0.3, 0.4) is 0 Å². The molecule has 3 aliphatic heterocycles. The number of carboxylic acid groups (broad SMARTS) is 1. The lowest BCUT2D eigenvalue weighted by Gasteiger charge is -2.29. The molecule has 2 atom stereocenters. The minimum Gasteiger partial charge on any atom is -0.482 e. The van der Waals surface area contributed by atoms with E-state index in [0.29, 0.717) is 35.0 Å². The van der Waals surface area contributed by atoms with Crippen LogP contribution in [0.5, 0.6) is 5.75 Å². The highest BCUT2D eigenvalue weighted by Crippen LogP contribution is 2.45. The third-order valence-corrected chi connectivity index (χ3v) is 9.65. The predicted molar refractivity (Wildman–Crippen MR) is 156 cm³/mol. The number of imidazole rings is 1. The summed E-state index contributed by atoms with van der Waals surface area (Å²) in [5.74, 6) is 0.447. The minimum atomic E-state index is -0.925. The van der Waals surface area contributed by atoms with Crippen LogP contribution in [0.2, 0.25) is 5.02 Å². The fourth-order valence-electron chi connectivity index (χ4n) is 6.15. The van der Waals surface area contributed by atoms with Crippen molar-refractivity contribution in [1.29, 1.82) is 0 Å². The van der Waals surface area contributed by atoms with Crippen molar-refractivity contribution < 1.29 is 23.8 Å². The van der Waals surface area contributed by atoms with Gasteiger partial charge in [-0.2, -0.15) is 0 Å². The molecule has 2 aromatic heterocycles. The van der Waals surface area contributed by atoms with Gasteiger partial charge in [0.1, 0.15) is 32.7 Å². The molecular formula is C31H29ClFN3O4S. The second-order valence-corrected chi connectivity index (χ2v) is 12.6. The van der Waals surface area contributed by atoms with E-state index >= 15 is 0 Å². The lowest BCUT2D eigenvalue weighted by molar-refractivity contribution is -0.0591. The van der Waals surface area contributed by atoms with Crippen molar-refractivity contribution in [2.45, 2.75) is 51.0 Å². The summed E-state index contributed by atoms with van der Waals surface area (Å²) in [4.78, 5) is 19.8. The molecule has 41 heavy (non-hydrogen) atoms. The second kappa shape index (κ2) is 10.2. The van der Waals surface area contributed by atoms with Crippen molar-refractivity contribution in [2.24, 2.45) is 0 Å². The maximum absolute atomic E-state index is 14.9. The normalized spacial score (nSPS) is 22.3. The number of halogens is 2. The van der Waals surface area contributed by atoms with E-state index in [1.807, 2.05) is 19.1 Å². The Hall–Kier alpha value is -3.24. The van der Waals surface area contributed by atoms with Crippen molar-refractivity contribution in [3.8, 4) is 5.75 Å². The fourth-order valence-corrected chi connectivity index (χ4v) is 7.20. The maximum Gasteiger partial charge on any atom is 0.346 e. The largest absolute Gasteiger partial charge is 0.482 e. The van der Waals surface area contributed by atoms with E-state index in [1.54, 1.807) is 18.2 Å². The van der Waals surface area contributed by atoms with Gasteiger partial charge in [-0.25, -0.2) is 14.2 Å². The number of carboxylic acids is 1. The fraction of sp³-hybridized carbons (Fsp3) is 0.355. The molecule has 0 spiro atoms. The van der Waals surface area contributed by atoms with Gasteiger partial charge >= 0.3 is 5.97 Å². The quantitative estimate of drug-likeness (QED) is 0.263. The Labute approximate surface area is 245 Å². The standard InChI is InChI=1S/C31H29ClFN3O4S/c1-31(23-6-5-19(32)13-24(23)33)15-22-21(3-2-4-26(22)40-31)18-7-10-35(11-8-18)17-28-34-29-25(14-27(41-29)30(37)38)36(28)16-20-9-12-39-20/h2-7,13-14,20H,8-12,15-17H2,1H3,(H,37,38)/t20-,31-/m0/s1. The van der Waals surface area contributed by atoms with E-state index in [2.05, 4.69) is 21.6 Å². The van der Waals surface area contributed by atoms with Gasteiger partial charge in [-0.3, -0.25) is 4.90 Å². The number of nitrogens with zero attached hydrogens (tertiary/aromatic N) is 3. The first kappa shape index (κ1) is 26.6. The third-order valence-electron chi connectivity index (χ3n) is 8.40. The first-order valence-corrected chi connectivity index (χ1v) is 15.0. The van der Waals surface area contributed by atoms with Crippen molar-refractivity contribution >= 4 is 44.8 Å². The molecular weight excluding hydrogens is 565 g/mol. The Bertz CT molecular complexity index is 1710. The smallest absolute Gasteiger partial charge is 0.346 e. The Morgan fingerprint density at radius 3 is 2.85 bits per heavy atom. The molecule has 7 nitrogen and oxygen atoms in total. The van der Waals surface area contributed by atoms with Crippen molar-refractivity contribution in [3.05, 3.63) is 86.8 Å². The molecule has 0 saturated carbocycles.